The summed E-state index contributed by atoms with van der Waals surface area (Å²) >= 11 is 0. The number of nitrogens with two attached hydrogens (primary N) is 1. The van der Waals surface area contributed by atoms with Gasteiger partial charge >= 0.3 is 6.03 Å². The van der Waals surface area contributed by atoms with Gasteiger partial charge in [0.05, 0.1) is 13.2 Å². The van der Waals surface area contributed by atoms with Gasteiger partial charge in [-0.05, 0) is 13.3 Å². The average molecular weight is 201 g/mol. The Kier molecular flexibility index (Phi) is 3.43. The Morgan fingerprint density at radius 2 is 2.29 bits per heavy atom. The van der Waals surface area contributed by atoms with Crippen molar-refractivity contribution in [2.45, 2.75) is 18.9 Å². The molecular formula is C8H15N3O3. The molecule has 3 amide bonds. The Morgan fingerprint density at radius 3 is 2.79 bits per heavy atom. The zero-order valence-corrected chi connectivity index (χ0v) is 8.13. The first kappa shape index (κ1) is 10.9. The maximum atomic E-state index is 11.0. The van der Waals surface area contributed by atoms with Gasteiger partial charge in [0.1, 0.15) is 0 Å². The number of ether oxygens (including phenoxy) is 1. The van der Waals surface area contributed by atoms with Crippen LogP contribution in [0.3, 0.4) is 0 Å². The highest BCUT2D eigenvalue weighted by Gasteiger charge is 2.29. The number of primary amides is 1. The predicted octanol–water partition coefficient (Wildman–Crippen LogP) is -1.05. The molecule has 0 aliphatic carbocycles. The Morgan fingerprint density at radius 1 is 1.57 bits per heavy atom. The van der Waals surface area contributed by atoms with Crippen LogP contribution in [0.1, 0.15) is 13.3 Å². The molecule has 1 aliphatic rings. The first-order valence-electron chi connectivity index (χ1n) is 4.44. The van der Waals surface area contributed by atoms with Gasteiger partial charge in [0.25, 0.3) is 0 Å². The minimum Gasteiger partial charge on any atom is -0.379 e. The smallest absolute Gasteiger partial charge is 0.318 e. The van der Waals surface area contributed by atoms with Crippen molar-refractivity contribution in [3.63, 3.8) is 0 Å². The number of nitrogens with one attached hydrogen (secondary N) is 2. The lowest BCUT2D eigenvalue weighted by atomic mass is 10.0. The summed E-state index contributed by atoms with van der Waals surface area (Å²) in [5.74, 6) is -0.425. The second-order valence-electron chi connectivity index (χ2n) is 3.63. The summed E-state index contributed by atoms with van der Waals surface area (Å²) < 4.78 is 5.19. The van der Waals surface area contributed by atoms with E-state index in [0.29, 0.717) is 13.2 Å². The highest BCUT2D eigenvalue weighted by atomic mass is 16.5. The molecule has 0 spiro atoms. The van der Waals surface area contributed by atoms with Crippen LogP contribution in [0.5, 0.6) is 0 Å². The van der Waals surface area contributed by atoms with E-state index in [2.05, 4.69) is 5.32 Å². The van der Waals surface area contributed by atoms with Crippen molar-refractivity contribution in [1.29, 1.82) is 0 Å². The van der Waals surface area contributed by atoms with Crippen LogP contribution in [0.2, 0.25) is 0 Å². The van der Waals surface area contributed by atoms with Crippen LogP contribution in [0.15, 0.2) is 0 Å². The molecule has 1 atom stereocenters. The summed E-state index contributed by atoms with van der Waals surface area (Å²) in [5, 5.41) is 5.00. The van der Waals surface area contributed by atoms with Crippen LogP contribution in [0, 0.1) is 0 Å². The van der Waals surface area contributed by atoms with Gasteiger partial charge < -0.3 is 15.8 Å². The van der Waals surface area contributed by atoms with Gasteiger partial charge in [0.2, 0.25) is 5.91 Å². The molecule has 0 aromatic heterocycles. The monoisotopic (exact) mass is 201 g/mol. The zero-order chi connectivity index (χ0) is 10.6. The van der Waals surface area contributed by atoms with Gasteiger partial charge in [0, 0.05) is 12.1 Å². The van der Waals surface area contributed by atoms with Crippen molar-refractivity contribution in [1.82, 2.24) is 10.6 Å². The van der Waals surface area contributed by atoms with Crippen LogP contribution in [0.25, 0.3) is 0 Å². The molecule has 6 heteroatoms. The van der Waals surface area contributed by atoms with E-state index in [-0.39, 0.29) is 12.1 Å². The number of carbonyl (C=O) groups excluding carboxylic acids is 2. The number of amides is 3. The van der Waals surface area contributed by atoms with E-state index in [1.165, 1.54) is 0 Å². The van der Waals surface area contributed by atoms with E-state index in [9.17, 15) is 9.59 Å². The number of hydrogen-bond donors (Lipinski definition) is 3. The van der Waals surface area contributed by atoms with Gasteiger partial charge in [-0.25, -0.2) is 4.79 Å². The van der Waals surface area contributed by atoms with Crippen molar-refractivity contribution >= 4 is 11.9 Å². The molecule has 1 unspecified atom stereocenters. The SMILES string of the molecule is CC1(NCC(=O)NC(N)=O)CCOC1. The highest BCUT2D eigenvalue weighted by molar-refractivity contribution is 5.94. The number of hydrogen-bond acceptors (Lipinski definition) is 4. The molecule has 0 saturated carbocycles. The Bertz CT molecular complexity index is 236. The predicted molar refractivity (Wildman–Crippen MR) is 49.6 cm³/mol. The van der Waals surface area contributed by atoms with Gasteiger partial charge in [-0.1, -0.05) is 0 Å². The Balaban J connectivity index is 2.25. The van der Waals surface area contributed by atoms with Crippen molar-refractivity contribution in [2.24, 2.45) is 5.73 Å². The second kappa shape index (κ2) is 4.39. The van der Waals surface area contributed by atoms with Crippen molar-refractivity contribution in [3.05, 3.63) is 0 Å². The second-order valence-corrected chi connectivity index (χ2v) is 3.63. The van der Waals surface area contributed by atoms with Gasteiger partial charge in [0.15, 0.2) is 0 Å². The molecule has 0 aromatic rings. The van der Waals surface area contributed by atoms with E-state index in [1.54, 1.807) is 0 Å². The summed E-state index contributed by atoms with van der Waals surface area (Å²) in [4.78, 5) is 21.4. The third-order valence-corrected chi connectivity index (χ3v) is 2.16. The molecule has 0 aromatic carbocycles. The lowest BCUT2D eigenvalue weighted by Gasteiger charge is -2.22. The van der Waals surface area contributed by atoms with Crippen LogP contribution in [-0.4, -0.2) is 37.2 Å². The van der Waals surface area contributed by atoms with Crippen LogP contribution >= 0.6 is 0 Å². The Hall–Kier alpha value is -1.14. The fourth-order valence-corrected chi connectivity index (χ4v) is 1.28. The van der Waals surface area contributed by atoms with E-state index in [1.807, 2.05) is 12.2 Å². The summed E-state index contributed by atoms with van der Waals surface area (Å²) in [7, 11) is 0. The summed E-state index contributed by atoms with van der Waals surface area (Å²) in [5.41, 5.74) is 4.62. The summed E-state index contributed by atoms with van der Waals surface area (Å²) in [6, 6.07) is -0.829. The van der Waals surface area contributed by atoms with E-state index in [4.69, 9.17) is 10.5 Å². The van der Waals surface area contributed by atoms with Gasteiger partial charge in [-0.15, -0.1) is 0 Å². The topological polar surface area (TPSA) is 93.5 Å². The molecule has 80 valence electrons. The van der Waals surface area contributed by atoms with E-state index < -0.39 is 11.9 Å². The number of urea groups is 1. The summed E-state index contributed by atoms with van der Waals surface area (Å²) in [6.45, 7) is 3.32. The largest absolute Gasteiger partial charge is 0.379 e. The van der Waals surface area contributed by atoms with Crippen LogP contribution in [-0.2, 0) is 9.53 Å². The van der Waals surface area contributed by atoms with E-state index >= 15 is 0 Å². The molecule has 0 radical (unpaired) electrons. The maximum Gasteiger partial charge on any atom is 0.318 e. The maximum absolute atomic E-state index is 11.0. The third-order valence-electron chi connectivity index (χ3n) is 2.16. The lowest BCUT2D eigenvalue weighted by Crippen LogP contribution is -2.49. The van der Waals surface area contributed by atoms with Crippen molar-refractivity contribution in [2.75, 3.05) is 19.8 Å². The van der Waals surface area contributed by atoms with Crippen molar-refractivity contribution < 1.29 is 14.3 Å². The third kappa shape index (κ3) is 3.31. The molecule has 1 aliphatic heterocycles. The molecule has 1 saturated heterocycles. The molecule has 1 fully saturated rings. The molecule has 4 N–H and O–H groups in total. The number of carbonyl (C=O) groups is 2. The normalized spacial score (nSPS) is 26.1. The first-order chi connectivity index (χ1) is 6.52. The highest BCUT2D eigenvalue weighted by Crippen LogP contribution is 2.16. The van der Waals surface area contributed by atoms with Gasteiger partial charge in [-0.3, -0.25) is 10.1 Å². The average Bonchev–Trinajstić information content (AvgIpc) is 2.49. The first-order valence-corrected chi connectivity index (χ1v) is 4.44. The molecule has 6 nitrogen and oxygen atoms in total. The molecule has 1 rings (SSSR count). The molecule has 1 heterocycles. The number of imide groups is 1. The minimum absolute atomic E-state index is 0.0722. The fraction of sp³-hybridized carbons (Fsp3) is 0.750. The quantitative estimate of drug-likeness (QED) is 0.543. The summed E-state index contributed by atoms with van der Waals surface area (Å²) in [6.07, 6.45) is 0.858. The van der Waals surface area contributed by atoms with Crippen LogP contribution in [0.4, 0.5) is 4.79 Å². The lowest BCUT2D eigenvalue weighted by molar-refractivity contribution is -0.119. The van der Waals surface area contributed by atoms with Gasteiger partial charge in [-0.2, -0.15) is 0 Å². The zero-order valence-electron chi connectivity index (χ0n) is 8.13. The van der Waals surface area contributed by atoms with Crippen LogP contribution < -0.4 is 16.4 Å². The molecule has 0 bridgehead atoms. The van der Waals surface area contributed by atoms with E-state index in [0.717, 1.165) is 6.42 Å². The standard InChI is InChI=1S/C8H15N3O3/c1-8(2-3-14-5-8)10-4-6(12)11-7(9)13/h10H,2-5H2,1H3,(H3,9,11,12,13). The fourth-order valence-electron chi connectivity index (χ4n) is 1.28. The van der Waals surface area contributed by atoms with Crippen molar-refractivity contribution in [3.8, 4) is 0 Å². The Labute approximate surface area is 82.2 Å². The molecular weight excluding hydrogens is 186 g/mol. The minimum atomic E-state index is -0.829. The molecule has 14 heavy (non-hydrogen) atoms. The number of rotatable bonds is 3.